The third-order valence-corrected chi connectivity index (χ3v) is 7.87. The molecule has 184 valence electrons. The Labute approximate surface area is 205 Å². The predicted octanol–water partition coefficient (Wildman–Crippen LogP) is 4.69. The second-order valence-corrected chi connectivity index (χ2v) is 10.1. The van der Waals surface area contributed by atoms with Crippen LogP contribution in [0.15, 0.2) is 48.5 Å². The SMILES string of the molecule is O=C(NC1(CC(=O)N2CCCC2C(=O)O)CCCCC1)OCC1c2ccccc2-c2ccccc21. The lowest BCUT2D eigenvalue weighted by Crippen LogP contribution is -2.54. The summed E-state index contributed by atoms with van der Waals surface area (Å²) in [7, 11) is 0. The lowest BCUT2D eigenvalue weighted by molar-refractivity contribution is -0.149. The van der Waals surface area contributed by atoms with Crippen molar-refractivity contribution < 1.29 is 24.2 Å². The van der Waals surface area contributed by atoms with Gasteiger partial charge in [0.2, 0.25) is 5.91 Å². The molecule has 7 heteroatoms. The molecule has 0 aromatic heterocycles. The van der Waals surface area contributed by atoms with Crippen LogP contribution in [0.3, 0.4) is 0 Å². The Balaban J connectivity index is 1.27. The van der Waals surface area contributed by atoms with Gasteiger partial charge in [0.05, 0.1) is 12.0 Å². The van der Waals surface area contributed by atoms with E-state index in [1.54, 1.807) is 0 Å². The van der Waals surface area contributed by atoms with Gasteiger partial charge in [-0.3, -0.25) is 4.79 Å². The third-order valence-electron chi connectivity index (χ3n) is 7.87. The van der Waals surface area contributed by atoms with Crippen LogP contribution in [-0.4, -0.2) is 52.7 Å². The summed E-state index contributed by atoms with van der Waals surface area (Å²) < 4.78 is 5.76. The number of ether oxygens (including phenoxy) is 1. The molecule has 1 saturated heterocycles. The Kier molecular flexibility index (Phi) is 6.50. The lowest BCUT2D eigenvalue weighted by atomic mass is 9.79. The van der Waals surface area contributed by atoms with E-state index in [-0.39, 0.29) is 24.9 Å². The van der Waals surface area contributed by atoms with Gasteiger partial charge >= 0.3 is 12.1 Å². The number of carbonyl (C=O) groups excluding carboxylic acids is 2. The van der Waals surface area contributed by atoms with Crippen molar-refractivity contribution in [2.75, 3.05) is 13.2 Å². The van der Waals surface area contributed by atoms with Gasteiger partial charge in [-0.15, -0.1) is 0 Å². The molecule has 0 bridgehead atoms. The molecule has 3 aliphatic rings. The van der Waals surface area contributed by atoms with Crippen molar-refractivity contribution in [1.29, 1.82) is 0 Å². The molecule has 0 radical (unpaired) electrons. The zero-order chi connectivity index (χ0) is 24.4. The van der Waals surface area contributed by atoms with Crippen molar-refractivity contribution in [3.63, 3.8) is 0 Å². The van der Waals surface area contributed by atoms with Crippen molar-refractivity contribution in [1.82, 2.24) is 10.2 Å². The number of carboxylic acid groups (broad SMARTS) is 1. The number of carboxylic acids is 1. The minimum absolute atomic E-state index is 0.0296. The topological polar surface area (TPSA) is 95.9 Å². The quantitative estimate of drug-likeness (QED) is 0.630. The molecular formula is C28H32N2O5. The van der Waals surface area contributed by atoms with Gasteiger partial charge in [-0.25, -0.2) is 9.59 Å². The van der Waals surface area contributed by atoms with E-state index in [4.69, 9.17) is 4.74 Å². The summed E-state index contributed by atoms with van der Waals surface area (Å²) in [6.07, 6.45) is 5.04. The molecule has 1 aliphatic heterocycles. The first-order valence-electron chi connectivity index (χ1n) is 12.6. The van der Waals surface area contributed by atoms with Gasteiger partial charge in [-0.2, -0.15) is 0 Å². The third kappa shape index (κ3) is 4.64. The summed E-state index contributed by atoms with van der Waals surface area (Å²) in [4.78, 5) is 39.2. The molecular weight excluding hydrogens is 444 g/mol. The van der Waals surface area contributed by atoms with Crippen molar-refractivity contribution in [3.8, 4) is 11.1 Å². The molecule has 35 heavy (non-hydrogen) atoms. The maximum atomic E-state index is 13.1. The molecule has 5 rings (SSSR count). The minimum Gasteiger partial charge on any atom is -0.480 e. The second kappa shape index (κ2) is 9.72. The first kappa shape index (κ1) is 23.4. The van der Waals surface area contributed by atoms with Crippen LogP contribution in [0.2, 0.25) is 0 Å². The number of likely N-dealkylation sites (tertiary alicyclic amines) is 1. The number of nitrogens with one attached hydrogen (secondary N) is 1. The highest BCUT2D eigenvalue weighted by Crippen LogP contribution is 2.44. The fourth-order valence-corrected chi connectivity index (χ4v) is 6.14. The number of aliphatic carboxylic acids is 1. The number of hydrogen-bond acceptors (Lipinski definition) is 4. The predicted molar refractivity (Wildman–Crippen MR) is 131 cm³/mol. The number of fused-ring (bicyclic) bond motifs is 3. The van der Waals surface area contributed by atoms with Crippen LogP contribution < -0.4 is 5.32 Å². The van der Waals surface area contributed by atoms with E-state index >= 15 is 0 Å². The van der Waals surface area contributed by atoms with E-state index in [0.29, 0.717) is 32.2 Å². The minimum atomic E-state index is -0.960. The molecule has 2 fully saturated rings. The Hall–Kier alpha value is -3.35. The molecule has 2 aliphatic carbocycles. The van der Waals surface area contributed by atoms with Crippen molar-refractivity contribution in [2.45, 2.75) is 68.9 Å². The molecule has 2 amide bonds. The van der Waals surface area contributed by atoms with E-state index in [1.165, 1.54) is 16.0 Å². The van der Waals surface area contributed by atoms with Gasteiger partial charge in [0, 0.05) is 12.5 Å². The monoisotopic (exact) mass is 476 g/mol. The smallest absolute Gasteiger partial charge is 0.407 e. The van der Waals surface area contributed by atoms with Gasteiger partial charge in [-0.05, 0) is 47.9 Å². The van der Waals surface area contributed by atoms with Crippen LogP contribution in [0, 0.1) is 0 Å². The summed E-state index contributed by atoms with van der Waals surface area (Å²) in [5.41, 5.74) is 3.95. The van der Waals surface area contributed by atoms with Crippen molar-refractivity contribution in [3.05, 3.63) is 59.7 Å². The highest BCUT2D eigenvalue weighted by molar-refractivity contribution is 5.85. The molecule has 2 aromatic rings. The van der Waals surface area contributed by atoms with E-state index in [2.05, 4.69) is 29.6 Å². The number of nitrogens with zero attached hydrogens (tertiary/aromatic N) is 1. The molecule has 1 unspecified atom stereocenters. The van der Waals surface area contributed by atoms with Gasteiger partial charge < -0.3 is 20.1 Å². The molecule has 2 aromatic carbocycles. The molecule has 2 N–H and O–H groups in total. The van der Waals surface area contributed by atoms with Crippen LogP contribution in [0.4, 0.5) is 4.79 Å². The number of alkyl carbamates (subject to hydrolysis) is 1. The molecule has 1 saturated carbocycles. The average Bonchev–Trinajstić information content (AvgIpc) is 3.47. The van der Waals surface area contributed by atoms with E-state index in [0.717, 1.165) is 30.4 Å². The van der Waals surface area contributed by atoms with Gasteiger partial charge in [0.15, 0.2) is 0 Å². The van der Waals surface area contributed by atoms with Gasteiger partial charge in [-0.1, -0.05) is 67.8 Å². The normalized spacial score (nSPS) is 20.7. The average molecular weight is 477 g/mol. The van der Waals surface area contributed by atoms with Crippen molar-refractivity contribution in [2.24, 2.45) is 0 Å². The van der Waals surface area contributed by atoms with E-state index in [1.807, 2.05) is 24.3 Å². The first-order chi connectivity index (χ1) is 17.0. The van der Waals surface area contributed by atoms with Crippen LogP contribution in [-0.2, 0) is 14.3 Å². The summed E-state index contributed by atoms with van der Waals surface area (Å²) in [6.45, 7) is 0.675. The van der Waals surface area contributed by atoms with Crippen molar-refractivity contribution >= 4 is 18.0 Å². The second-order valence-electron chi connectivity index (χ2n) is 10.1. The Morgan fingerprint density at radius 3 is 2.20 bits per heavy atom. The van der Waals surface area contributed by atoms with E-state index in [9.17, 15) is 19.5 Å². The van der Waals surface area contributed by atoms with Crippen LogP contribution in [0.5, 0.6) is 0 Å². The zero-order valence-corrected chi connectivity index (χ0v) is 19.9. The van der Waals surface area contributed by atoms with Crippen LogP contribution in [0.1, 0.15) is 68.4 Å². The summed E-state index contributed by atoms with van der Waals surface area (Å²) in [5.74, 6) is -1.19. The summed E-state index contributed by atoms with van der Waals surface area (Å²) in [5, 5.41) is 12.5. The number of amides is 2. The van der Waals surface area contributed by atoms with Crippen LogP contribution in [0.25, 0.3) is 11.1 Å². The Morgan fingerprint density at radius 2 is 1.57 bits per heavy atom. The summed E-state index contributed by atoms with van der Waals surface area (Å²) in [6, 6.07) is 15.6. The zero-order valence-electron chi connectivity index (χ0n) is 19.9. The fourth-order valence-electron chi connectivity index (χ4n) is 6.14. The largest absolute Gasteiger partial charge is 0.480 e. The maximum absolute atomic E-state index is 13.1. The lowest BCUT2D eigenvalue weighted by Gasteiger charge is -2.38. The van der Waals surface area contributed by atoms with Crippen LogP contribution >= 0.6 is 0 Å². The van der Waals surface area contributed by atoms with E-state index < -0.39 is 23.6 Å². The van der Waals surface area contributed by atoms with Gasteiger partial charge in [0.1, 0.15) is 12.6 Å². The standard InChI is InChI=1S/C28H32N2O5/c31-25(30-16-8-13-24(30)26(32)33)17-28(14-6-1-7-15-28)29-27(34)35-18-23-21-11-4-2-9-19(21)20-10-3-5-12-22(20)23/h2-5,9-12,23-24H,1,6-8,13-18H2,(H,29,34)(H,32,33). The highest BCUT2D eigenvalue weighted by Gasteiger charge is 2.41. The maximum Gasteiger partial charge on any atom is 0.407 e. The molecule has 1 atom stereocenters. The molecule has 1 heterocycles. The van der Waals surface area contributed by atoms with Gasteiger partial charge in [0.25, 0.3) is 0 Å². The fraction of sp³-hybridized carbons (Fsp3) is 0.464. The Bertz CT molecular complexity index is 1080. The Morgan fingerprint density at radius 1 is 0.943 bits per heavy atom. The highest BCUT2D eigenvalue weighted by atomic mass is 16.5. The first-order valence-corrected chi connectivity index (χ1v) is 12.6. The summed E-state index contributed by atoms with van der Waals surface area (Å²) >= 11 is 0. The number of carbonyl (C=O) groups is 3. The number of benzene rings is 2. The number of hydrogen-bond donors (Lipinski definition) is 2. The molecule has 0 spiro atoms. The molecule has 7 nitrogen and oxygen atoms in total. The number of rotatable bonds is 6.